The van der Waals surface area contributed by atoms with Crippen LogP contribution < -0.4 is 10.1 Å². The summed E-state index contributed by atoms with van der Waals surface area (Å²) in [5, 5.41) is 11.5. The monoisotopic (exact) mass is 327 g/mol. The third kappa shape index (κ3) is 4.42. The highest BCUT2D eigenvalue weighted by Crippen LogP contribution is 2.16. The smallest absolute Gasteiger partial charge is 0.337 e. The van der Waals surface area contributed by atoms with Crippen LogP contribution in [0.15, 0.2) is 48.5 Å². The predicted molar refractivity (Wildman–Crippen MR) is 88.6 cm³/mol. The lowest BCUT2D eigenvalue weighted by atomic mass is 10.1. The number of ether oxygens (including phenoxy) is 1. The first-order chi connectivity index (χ1) is 11.5. The number of carboxylic acids is 1. The van der Waals surface area contributed by atoms with E-state index < -0.39 is 11.9 Å². The van der Waals surface area contributed by atoms with Gasteiger partial charge in [-0.3, -0.25) is 9.59 Å². The van der Waals surface area contributed by atoms with Crippen molar-refractivity contribution in [2.75, 3.05) is 11.9 Å². The molecule has 0 atom stereocenters. The summed E-state index contributed by atoms with van der Waals surface area (Å²) < 4.78 is 5.29. The van der Waals surface area contributed by atoms with E-state index in [9.17, 15) is 14.4 Å². The quantitative estimate of drug-likeness (QED) is 0.602. The van der Waals surface area contributed by atoms with E-state index in [0.717, 1.165) is 0 Å². The Bertz CT molecular complexity index is 752. The predicted octanol–water partition coefficient (Wildman–Crippen LogP) is 3.00. The highest BCUT2D eigenvalue weighted by Gasteiger charge is 2.15. The molecule has 24 heavy (non-hydrogen) atoms. The molecule has 0 heterocycles. The molecule has 6 heteroatoms. The summed E-state index contributed by atoms with van der Waals surface area (Å²) in [5.74, 6) is -1.43. The van der Waals surface area contributed by atoms with Gasteiger partial charge in [-0.05, 0) is 43.3 Å². The fraction of sp³-hybridized carbons (Fsp3) is 0.167. The van der Waals surface area contributed by atoms with Crippen molar-refractivity contribution in [3.05, 3.63) is 59.7 Å². The molecule has 0 spiro atoms. The number of para-hydroxylation sites is 1. The highest BCUT2D eigenvalue weighted by atomic mass is 16.5. The van der Waals surface area contributed by atoms with Gasteiger partial charge < -0.3 is 15.2 Å². The van der Waals surface area contributed by atoms with Gasteiger partial charge >= 0.3 is 5.97 Å². The first-order valence-corrected chi connectivity index (χ1v) is 7.39. The zero-order chi connectivity index (χ0) is 17.5. The number of carbonyl (C=O) groups is 3. The van der Waals surface area contributed by atoms with Crippen molar-refractivity contribution in [2.24, 2.45) is 0 Å². The molecule has 6 nitrogen and oxygen atoms in total. The van der Waals surface area contributed by atoms with Crippen LogP contribution in [0, 0.1) is 0 Å². The summed E-state index contributed by atoms with van der Waals surface area (Å²) in [6, 6.07) is 12.5. The van der Waals surface area contributed by atoms with Gasteiger partial charge in [-0.15, -0.1) is 0 Å². The number of carbonyl (C=O) groups excluding carboxylic acids is 2. The molecule has 0 saturated heterocycles. The molecule has 2 N–H and O–H groups in total. The number of rotatable bonds is 7. The number of Topliss-reactive ketones (excluding diaryl/α,β-unsaturated/α-hetero) is 1. The summed E-state index contributed by atoms with van der Waals surface area (Å²) in [6.45, 7) is 2.39. The minimum atomic E-state index is -1.15. The molecule has 0 unspecified atom stereocenters. The van der Waals surface area contributed by atoms with E-state index in [1.807, 2.05) is 6.92 Å². The summed E-state index contributed by atoms with van der Waals surface area (Å²) in [5.41, 5.74) is 0.522. The van der Waals surface area contributed by atoms with Crippen LogP contribution in [0.25, 0.3) is 0 Å². The lowest BCUT2D eigenvalue weighted by Crippen LogP contribution is -2.18. The van der Waals surface area contributed by atoms with Crippen LogP contribution in [0.5, 0.6) is 5.75 Å². The molecule has 0 bridgehead atoms. The number of benzene rings is 2. The average Bonchev–Trinajstić information content (AvgIpc) is 2.56. The fourth-order valence-corrected chi connectivity index (χ4v) is 2.12. The number of hydrogen-bond acceptors (Lipinski definition) is 4. The number of hydrogen-bond donors (Lipinski definition) is 2. The van der Waals surface area contributed by atoms with Gasteiger partial charge in [0.15, 0.2) is 5.78 Å². The summed E-state index contributed by atoms with van der Waals surface area (Å²) in [7, 11) is 0. The Hall–Kier alpha value is -3.15. The summed E-state index contributed by atoms with van der Waals surface area (Å²) >= 11 is 0. The Labute approximate surface area is 139 Å². The Morgan fingerprint density at radius 3 is 2.33 bits per heavy atom. The largest absolute Gasteiger partial charge is 0.494 e. The van der Waals surface area contributed by atoms with Gasteiger partial charge in [0, 0.05) is 5.56 Å². The molecular weight excluding hydrogens is 310 g/mol. The Kier molecular flexibility index (Phi) is 5.68. The normalized spacial score (nSPS) is 10.0. The van der Waals surface area contributed by atoms with E-state index in [0.29, 0.717) is 17.9 Å². The third-order valence-electron chi connectivity index (χ3n) is 3.24. The van der Waals surface area contributed by atoms with Crippen LogP contribution in [0.4, 0.5) is 5.69 Å². The first kappa shape index (κ1) is 17.2. The van der Waals surface area contributed by atoms with E-state index in [4.69, 9.17) is 9.84 Å². The molecule has 0 saturated carbocycles. The lowest BCUT2D eigenvalue weighted by molar-refractivity contribution is -0.115. The minimum absolute atomic E-state index is 0.0284. The zero-order valence-electron chi connectivity index (χ0n) is 13.1. The van der Waals surface area contributed by atoms with Gasteiger partial charge in [0.05, 0.1) is 24.3 Å². The standard InChI is InChI=1S/C18H17NO5/c1-2-24-13-9-7-12(8-10-13)16(20)11-17(21)19-15-6-4-3-5-14(15)18(22)23/h3-10H,2,11H2,1H3,(H,19,21)(H,22,23). The van der Waals surface area contributed by atoms with Crippen LogP contribution in [-0.2, 0) is 4.79 Å². The van der Waals surface area contributed by atoms with E-state index in [-0.39, 0.29) is 23.5 Å². The molecule has 0 aliphatic heterocycles. The molecule has 124 valence electrons. The fourth-order valence-electron chi connectivity index (χ4n) is 2.12. The van der Waals surface area contributed by atoms with Crippen molar-refractivity contribution in [1.82, 2.24) is 0 Å². The maximum absolute atomic E-state index is 12.1. The number of carboxylic acid groups (broad SMARTS) is 1. The van der Waals surface area contributed by atoms with Crippen LogP contribution in [0.2, 0.25) is 0 Å². The summed E-state index contributed by atoms with van der Waals surface area (Å²) in [6.07, 6.45) is -0.373. The van der Waals surface area contributed by atoms with Gasteiger partial charge in [-0.1, -0.05) is 12.1 Å². The van der Waals surface area contributed by atoms with E-state index in [1.165, 1.54) is 12.1 Å². The Morgan fingerprint density at radius 1 is 1.04 bits per heavy atom. The molecule has 1 amide bonds. The van der Waals surface area contributed by atoms with Crippen molar-refractivity contribution >= 4 is 23.3 Å². The second-order valence-corrected chi connectivity index (χ2v) is 4.96. The molecular formula is C18H17NO5. The van der Waals surface area contributed by atoms with Crippen LogP contribution >= 0.6 is 0 Å². The summed E-state index contributed by atoms with van der Waals surface area (Å²) in [4.78, 5) is 35.2. The van der Waals surface area contributed by atoms with Crippen LogP contribution in [0.3, 0.4) is 0 Å². The number of amides is 1. The molecule has 0 radical (unpaired) electrons. The van der Waals surface area contributed by atoms with Crippen molar-refractivity contribution in [3.8, 4) is 5.75 Å². The number of aromatic carboxylic acids is 1. The van der Waals surface area contributed by atoms with Crippen LogP contribution in [0.1, 0.15) is 34.1 Å². The topological polar surface area (TPSA) is 92.7 Å². The van der Waals surface area contributed by atoms with Gasteiger partial charge in [0.25, 0.3) is 0 Å². The van der Waals surface area contributed by atoms with E-state index in [2.05, 4.69) is 5.32 Å². The Morgan fingerprint density at radius 2 is 1.71 bits per heavy atom. The molecule has 0 fully saturated rings. The molecule has 0 aromatic heterocycles. The maximum atomic E-state index is 12.1. The highest BCUT2D eigenvalue weighted by molar-refractivity contribution is 6.12. The van der Waals surface area contributed by atoms with E-state index in [1.54, 1.807) is 36.4 Å². The number of anilines is 1. The van der Waals surface area contributed by atoms with E-state index >= 15 is 0 Å². The maximum Gasteiger partial charge on any atom is 0.337 e. The number of ketones is 1. The minimum Gasteiger partial charge on any atom is -0.494 e. The van der Waals surface area contributed by atoms with Crippen molar-refractivity contribution in [1.29, 1.82) is 0 Å². The Balaban J connectivity index is 2.02. The van der Waals surface area contributed by atoms with Gasteiger partial charge in [-0.2, -0.15) is 0 Å². The number of nitrogens with one attached hydrogen (secondary N) is 1. The second-order valence-electron chi connectivity index (χ2n) is 4.96. The van der Waals surface area contributed by atoms with Crippen LogP contribution in [-0.4, -0.2) is 29.4 Å². The lowest BCUT2D eigenvalue weighted by Gasteiger charge is -2.08. The molecule has 2 aromatic rings. The third-order valence-corrected chi connectivity index (χ3v) is 3.24. The van der Waals surface area contributed by atoms with Crippen molar-refractivity contribution in [2.45, 2.75) is 13.3 Å². The zero-order valence-corrected chi connectivity index (χ0v) is 13.1. The molecule has 0 aliphatic carbocycles. The molecule has 2 rings (SSSR count). The first-order valence-electron chi connectivity index (χ1n) is 7.39. The van der Waals surface area contributed by atoms with Crippen molar-refractivity contribution in [3.63, 3.8) is 0 Å². The van der Waals surface area contributed by atoms with Gasteiger partial charge in [0.2, 0.25) is 5.91 Å². The van der Waals surface area contributed by atoms with Crippen molar-refractivity contribution < 1.29 is 24.2 Å². The second kappa shape index (κ2) is 7.92. The molecule has 0 aliphatic rings. The SMILES string of the molecule is CCOc1ccc(C(=O)CC(=O)Nc2ccccc2C(=O)O)cc1. The van der Waals surface area contributed by atoms with Gasteiger partial charge in [-0.25, -0.2) is 4.79 Å². The average molecular weight is 327 g/mol. The van der Waals surface area contributed by atoms with Gasteiger partial charge in [0.1, 0.15) is 5.75 Å². The molecule has 2 aromatic carbocycles.